The fourth-order valence-corrected chi connectivity index (χ4v) is 4.59. The molecule has 2 unspecified atom stereocenters. The van der Waals surface area contributed by atoms with Crippen LogP contribution < -0.4 is 15.8 Å². The van der Waals surface area contributed by atoms with E-state index in [1.165, 1.54) is 12.3 Å². The van der Waals surface area contributed by atoms with E-state index in [4.69, 9.17) is 5.73 Å². The first-order chi connectivity index (χ1) is 16.7. The van der Waals surface area contributed by atoms with Gasteiger partial charge in [0.1, 0.15) is 5.82 Å². The van der Waals surface area contributed by atoms with Gasteiger partial charge in [-0.2, -0.15) is 4.98 Å². The molecule has 3 aromatic rings. The van der Waals surface area contributed by atoms with Crippen LogP contribution in [0, 0.1) is 10.1 Å². The quantitative estimate of drug-likeness (QED) is 0.318. The summed E-state index contributed by atoms with van der Waals surface area (Å²) >= 11 is 0. The average Bonchev–Trinajstić information content (AvgIpc) is 2.85. The zero-order chi connectivity index (χ0) is 25.1. The lowest BCUT2D eigenvalue weighted by molar-refractivity contribution is -0.384. The molecule has 11 heteroatoms. The molecule has 10 nitrogen and oxygen atoms in total. The predicted octanol–water partition coefficient (Wildman–Crippen LogP) is 3.73. The molecule has 0 amide bonds. The van der Waals surface area contributed by atoms with E-state index < -0.39 is 20.5 Å². The summed E-state index contributed by atoms with van der Waals surface area (Å²) in [5.41, 5.74) is 7.94. The van der Waals surface area contributed by atoms with Crippen LogP contribution in [-0.4, -0.2) is 34.9 Å². The molecule has 35 heavy (non-hydrogen) atoms. The molecule has 0 saturated carbocycles. The van der Waals surface area contributed by atoms with E-state index in [0.29, 0.717) is 6.42 Å². The maximum atomic E-state index is 12.7. The Morgan fingerprint density at radius 1 is 1.11 bits per heavy atom. The number of allylic oxidation sites excluding steroid dienone is 2. The van der Waals surface area contributed by atoms with Crippen molar-refractivity contribution in [2.75, 3.05) is 10.0 Å². The SMILES string of the molecule is CC(Nc1nccc(NS(=O)(=O)c2ccc([N+](=O)[O-])cc2)n1)C1(N)C=CC(c2ccccc2)=CC1. The van der Waals surface area contributed by atoms with Crippen molar-refractivity contribution in [3.8, 4) is 0 Å². The van der Waals surface area contributed by atoms with Crippen LogP contribution in [0.25, 0.3) is 5.57 Å². The highest BCUT2D eigenvalue weighted by Crippen LogP contribution is 2.28. The van der Waals surface area contributed by atoms with Gasteiger partial charge >= 0.3 is 0 Å². The molecule has 1 aliphatic carbocycles. The number of aromatic nitrogens is 2. The first-order valence-electron chi connectivity index (χ1n) is 10.8. The Morgan fingerprint density at radius 2 is 1.83 bits per heavy atom. The molecule has 0 fully saturated rings. The third-order valence-corrected chi connectivity index (χ3v) is 7.13. The number of benzene rings is 2. The zero-order valence-electron chi connectivity index (χ0n) is 18.8. The molecule has 0 radical (unpaired) electrons. The molecule has 0 spiro atoms. The number of nitro groups is 1. The van der Waals surface area contributed by atoms with Gasteiger partial charge in [-0.25, -0.2) is 13.4 Å². The van der Waals surface area contributed by atoms with Gasteiger partial charge in [-0.05, 0) is 42.7 Å². The number of nitrogens with two attached hydrogens (primary N) is 1. The van der Waals surface area contributed by atoms with E-state index in [1.54, 1.807) is 0 Å². The molecule has 1 heterocycles. The van der Waals surface area contributed by atoms with Crippen molar-refractivity contribution in [2.24, 2.45) is 5.73 Å². The highest BCUT2D eigenvalue weighted by Gasteiger charge is 2.31. The lowest BCUT2D eigenvalue weighted by Gasteiger charge is -2.34. The van der Waals surface area contributed by atoms with E-state index in [1.807, 2.05) is 49.4 Å². The van der Waals surface area contributed by atoms with Gasteiger partial charge in [-0.15, -0.1) is 0 Å². The third kappa shape index (κ3) is 5.53. The summed E-state index contributed by atoms with van der Waals surface area (Å²) in [5, 5.41) is 14.0. The molecular formula is C24H24N6O4S. The standard InChI is InChI=1S/C24H24N6O4S/c1-17(24(25)14-11-19(12-15-24)18-5-3-2-4-6-18)27-23-26-16-13-22(28-23)29-35(33,34)21-9-7-20(8-10-21)30(31)32/h2-14,16-17H,15,25H2,1H3,(H2,26,27,28,29). The number of anilines is 2. The van der Waals surface area contributed by atoms with Crippen LogP contribution in [0.5, 0.6) is 0 Å². The number of hydrogen-bond donors (Lipinski definition) is 3. The summed E-state index contributed by atoms with van der Waals surface area (Å²) in [6, 6.07) is 15.7. The molecule has 1 aromatic heterocycles. The van der Waals surface area contributed by atoms with Gasteiger partial charge < -0.3 is 11.1 Å². The summed E-state index contributed by atoms with van der Waals surface area (Å²) in [6.45, 7) is 1.91. The number of rotatable bonds is 8. The van der Waals surface area contributed by atoms with E-state index in [9.17, 15) is 18.5 Å². The molecule has 180 valence electrons. The van der Waals surface area contributed by atoms with Crippen LogP contribution in [0.3, 0.4) is 0 Å². The first kappa shape index (κ1) is 24.0. The molecular weight excluding hydrogens is 468 g/mol. The van der Waals surface area contributed by atoms with E-state index in [-0.39, 0.29) is 28.4 Å². The van der Waals surface area contributed by atoms with Crippen molar-refractivity contribution in [2.45, 2.75) is 29.8 Å². The van der Waals surface area contributed by atoms with Crippen molar-refractivity contribution in [1.29, 1.82) is 0 Å². The fraction of sp³-hybridized carbons (Fsp3) is 0.167. The van der Waals surface area contributed by atoms with Gasteiger partial charge in [0.25, 0.3) is 15.7 Å². The van der Waals surface area contributed by atoms with Gasteiger partial charge in [0.05, 0.1) is 15.4 Å². The topological polar surface area (TPSA) is 153 Å². The first-order valence-corrected chi connectivity index (χ1v) is 12.3. The maximum absolute atomic E-state index is 12.7. The normalized spacial score (nSPS) is 18.4. The summed E-state index contributed by atoms with van der Waals surface area (Å²) in [6.07, 6.45) is 8.04. The van der Waals surface area contributed by atoms with Crippen LogP contribution in [0.15, 0.2) is 90.0 Å². The van der Waals surface area contributed by atoms with Crippen LogP contribution >= 0.6 is 0 Å². The Hall–Kier alpha value is -4.09. The monoisotopic (exact) mass is 492 g/mol. The number of nitrogens with zero attached hydrogens (tertiary/aromatic N) is 3. The summed E-state index contributed by atoms with van der Waals surface area (Å²) in [7, 11) is -4.00. The number of non-ortho nitro benzene ring substituents is 1. The summed E-state index contributed by atoms with van der Waals surface area (Å²) in [4.78, 5) is 18.5. The second-order valence-electron chi connectivity index (χ2n) is 8.16. The number of hydrogen-bond acceptors (Lipinski definition) is 8. The average molecular weight is 493 g/mol. The third-order valence-electron chi connectivity index (χ3n) is 5.76. The molecule has 4 rings (SSSR count). The zero-order valence-corrected chi connectivity index (χ0v) is 19.6. The summed E-state index contributed by atoms with van der Waals surface area (Å²) in [5.74, 6) is 0.252. The van der Waals surface area contributed by atoms with Gasteiger partial charge in [0.15, 0.2) is 0 Å². The van der Waals surface area contributed by atoms with Crippen molar-refractivity contribution in [3.63, 3.8) is 0 Å². The molecule has 0 aliphatic heterocycles. The Labute approximate surface area is 202 Å². The largest absolute Gasteiger partial charge is 0.350 e. The molecule has 4 N–H and O–H groups in total. The summed E-state index contributed by atoms with van der Waals surface area (Å²) < 4.78 is 27.7. The van der Waals surface area contributed by atoms with Crippen LogP contribution in [0.2, 0.25) is 0 Å². The molecule has 0 bridgehead atoms. The van der Waals surface area contributed by atoms with Crippen molar-refractivity contribution in [1.82, 2.24) is 9.97 Å². The lowest BCUT2D eigenvalue weighted by Crippen LogP contribution is -2.52. The van der Waals surface area contributed by atoms with Crippen molar-refractivity contribution < 1.29 is 13.3 Å². The minimum absolute atomic E-state index is 0.0459. The van der Waals surface area contributed by atoms with Crippen molar-refractivity contribution in [3.05, 3.63) is 101 Å². The van der Waals surface area contributed by atoms with Crippen LogP contribution in [0.4, 0.5) is 17.5 Å². The Bertz CT molecular complexity index is 1390. The number of sulfonamides is 1. The molecule has 0 saturated heterocycles. The molecule has 2 atom stereocenters. The highest BCUT2D eigenvalue weighted by atomic mass is 32.2. The Balaban J connectivity index is 1.44. The lowest BCUT2D eigenvalue weighted by atomic mass is 9.82. The van der Waals surface area contributed by atoms with E-state index >= 15 is 0 Å². The highest BCUT2D eigenvalue weighted by molar-refractivity contribution is 7.92. The Kier molecular flexibility index (Phi) is 6.63. The van der Waals surface area contributed by atoms with Gasteiger partial charge in [0, 0.05) is 24.4 Å². The predicted molar refractivity (Wildman–Crippen MR) is 134 cm³/mol. The van der Waals surface area contributed by atoms with Crippen LogP contribution in [-0.2, 0) is 10.0 Å². The second kappa shape index (κ2) is 9.65. The Morgan fingerprint density at radius 3 is 2.46 bits per heavy atom. The van der Waals surface area contributed by atoms with Gasteiger partial charge in [-0.3, -0.25) is 14.8 Å². The van der Waals surface area contributed by atoms with Crippen LogP contribution in [0.1, 0.15) is 18.9 Å². The minimum Gasteiger partial charge on any atom is -0.350 e. The minimum atomic E-state index is -4.00. The number of nitrogens with one attached hydrogen (secondary N) is 2. The van der Waals surface area contributed by atoms with Crippen molar-refractivity contribution >= 4 is 33.0 Å². The maximum Gasteiger partial charge on any atom is 0.269 e. The second-order valence-corrected chi connectivity index (χ2v) is 9.85. The van der Waals surface area contributed by atoms with Gasteiger partial charge in [0.2, 0.25) is 5.95 Å². The smallest absolute Gasteiger partial charge is 0.269 e. The molecule has 2 aromatic carbocycles. The van der Waals surface area contributed by atoms with E-state index in [0.717, 1.165) is 35.4 Å². The fourth-order valence-electron chi connectivity index (χ4n) is 3.59. The number of nitro benzene ring substituents is 1. The van der Waals surface area contributed by atoms with E-state index in [2.05, 4.69) is 26.1 Å². The molecule has 1 aliphatic rings. The van der Waals surface area contributed by atoms with Gasteiger partial charge in [-0.1, -0.05) is 48.6 Å².